The van der Waals surface area contributed by atoms with Crippen molar-refractivity contribution in [1.29, 1.82) is 0 Å². The predicted octanol–water partition coefficient (Wildman–Crippen LogP) is 2.09. The predicted molar refractivity (Wildman–Crippen MR) is 50.7 cm³/mol. The molecule has 0 radical (unpaired) electrons. The minimum Gasteiger partial charge on any atom is -0.733 e. The van der Waals surface area contributed by atoms with Gasteiger partial charge in [-0.15, -0.1) is 0 Å². The molecule has 0 amide bonds. The SMILES string of the molecule is [O-]N(O)c1cc(NC2CC2)ccc1F. The quantitative estimate of drug-likeness (QED) is 0.728. The molecule has 0 aromatic heterocycles. The van der Waals surface area contributed by atoms with Crippen LogP contribution in [0.2, 0.25) is 0 Å². The molecule has 1 aliphatic carbocycles. The monoisotopic (exact) mass is 197 g/mol. The molecule has 1 aliphatic rings. The molecular weight excluding hydrogens is 187 g/mol. The minimum atomic E-state index is -0.733. The molecule has 1 aromatic carbocycles. The third-order valence-electron chi connectivity index (χ3n) is 2.10. The van der Waals surface area contributed by atoms with Gasteiger partial charge in [0.1, 0.15) is 5.82 Å². The number of rotatable bonds is 3. The molecule has 2 N–H and O–H groups in total. The first-order valence-electron chi connectivity index (χ1n) is 4.39. The van der Waals surface area contributed by atoms with Crippen molar-refractivity contribution >= 4 is 11.4 Å². The highest BCUT2D eigenvalue weighted by atomic mass is 19.1. The first kappa shape index (κ1) is 9.23. The van der Waals surface area contributed by atoms with E-state index in [0.29, 0.717) is 11.7 Å². The normalized spacial score (nSPS) is 15.4. The van der Waals surface area contributed by atoms with Gasteiger partial charge < -0.3 is 15.8 Å². The molecule has 1 aromatic rings. The van der Waals surface area contributed by atoms with E-state index in [-0.39, 0.29) is 5.69 Å². The van der Waals surface area contributed by atoms with Crippen LogP contribution in [0.4, 0.5) is 15.8 Å². The van der Waals surface area contributed by atoms with Gasteiger partial charge in [0.05, 0.1) is 5.69 Å². The summed E-state index contributed by atoms with van der Waals surface area (Å²) in [4.78, 5) is 0. The van der Waals surface area contributed by atoms with Crippen LogP contribution in [0.5, 0.6) is 0 Å². The zero-order valence-corrected chi connectivity index (χ0v) is 7.40. The molecule has 4 nitrogen and oxygen atoms in total. The molecule has 0 bridgehead atoms. The lowest BCUT2D eigenvalue weighted by atomic mass is 10.2. The van der Waals surface area contributed by atoms with Crippen molar-refractivity contribution in [3.05, 3.63) is 29.2 Å². The zero-order chi connectivity index (χ0) is 10.1. The van der Waals surface area contributed by atoms with Crippen molar-refractivity contribution in [2.75, 3.05) is 10.5 Å². The summed E-state index contributed by atoms with van der Waals surface area (Å²) in [7, 11) is 0. The van der Waals surface area contributed by atoms with E-state index >= 15 is 0 Å². The molecular formula is C9H10FN2O2-. The van der Waals surface area contributed by atoms with Crippen molar-refractivity contribution in [2.45, 2.75) is 18.9 Å². The van der Waals surface area contributed by atoms with Crippen LogP contribution in [-0.2, 0) is 0 Å². The van der Waals surface area contributed by atoms with Crippen molar-refractivity contribution in [1.82, 2.24) is 0 Å². The third-order valence-corrected chi connectivity index (χ3v) is 2.10. The third kappa shape index (κ3) is 1.94. The van der Waals surface area contributed by atoms with Crippen molar-refractivity contribution in [3.63, 3.8) is 0 Å². The Balaban J connectivity index is 2.20. The van der Waals surface area contributed by atoms with Crippen LogP contribution in [0.3, 0.4) is 0 Å². The lowest BCUT2D eigenvalue weighted by Crippen LogP contribution is -2.10. The van der Waals surface area contributed by atoms with E-state index in [1.807, 2.05) is 0 Å². The second-order valence-corrected chi connectivity index (χ2v) is 3.36. The standard InChI is InChI=1S/C9H10FN2O2/c10-8-4-3-7(11-6-1-2-6)5-9(8)12(13)14/h3-6,11,13H,1-2H2/q-1. The van der Waals surface area contributed by atoms with Crippen molar-refractivity contribution in [2.24, 2.45) is 0 Å². The van der Waals surface area contributed by atoms with Crippen LogP contribution in [-0.4, -0.2) is 11.2 Å². The van der Waals surface area contributed by atoms with Gasteiger partial charge in [-0.05, 0) is 31.0 Å². The lowest BCUT2D eigenvalue weighted by molar-refractivity contribution is 0.292. The number of benzene rings is 1. The molecule has 14 heavy (non-hydrogen) atoms. The van der Waals surface area contributed by atoms with Crippen LogP contribution >= 0.6 is 0 Å². The van der Waals surface area contributed by atoms with E-state index in [0.717, 1.165) is 18.9 Å². The summed E-state index contributed by atoms with van der Waals surface area (Å²) >= 11 is 0. The van der Waals surface area contributed by atoms with Gasteiger partial charge in [-0.3, -0.25) is 5.21 Å². The smallest absolute Gasteiger partial charge is 0.148 e. The average molecular weight is 197 g/mol. The molecule has 0 saturated heterocycles. The molecule has 76 valence electrons. The summed E-state index contributed by atoms with van der Waals surface area (Å²) in [5, 5.41) is 21.7. The van der Waals surface area contributed by atoms with E-state index in [2.05, 4.69) is 5.32 Å². The topological polar surface area (TPSA) is 58.6 Å². The van der Waals surface area contributed by atoms with Crippen molar-refractivity contribution in [3.8, 4) is 0 Å². The van der Waals surface area contributed by atoms with Gasteiger partial charge in [-0.2, -0.15) is 0 Å². The largest absolute Gasteiger partial charge is 0.733 e. The molecule has 2 rings (SSSR count). The fourth-order valence-electron chi connectivity index (χ4n) is 1.21. The first-order chi connectivity index (χ1) is 6.66. The van der Waals surface area contributed by atoms with E-state index < -0.39 is 11.0 Å². The second-order valence-electron chi connectivity index (χ2n) is 3.36. The highest BCUT2D eigenvalue weighted by molar-refractivity contribution is 5.58. The highest BCUT2D eigenvalue weighted by Crippen LogP contribution is 2.27. The molecule has 1 fully saturated rings. The van der Waals surface area contributed by atoms with Crippen LogP contribution in [0.1, 0.15) is 12.8 Å². The minimum absolute atomic E-state index is 0.365. The maximum atomic E-state index is 12.9. The first-order valence-corrected chi connectivity index (χ1v) is 4.39. The highest BCUT2D eigenvalue weighted by Gasteiger charge is 2.21. The molecule has 1 saturated carbocycles. The van der Waals surface area contributed by atoms with Gasteiger partial charge in [0.15, 0.2) is 0 Å². The van der Waals surface area contributed by atoms with Gasteiger partial charge in [0, 0.05) is 11.7 Å². The van der Waals surface area contributed by atoms with Gasteiger partial charge in [-0.1, -0.05) is 0 Å². The number of nitrogens with zero attached hydrogens (tertiary/aromatic N) is 1. The van der Waals surface area contributed by atoms with E-state index in [4.69, 9.17) is 5.21 Å². The van der Waals surface area contributed by atoms with Crippen LogP contribution in [0.15, 0.2) is 18.2 Å². The van der Waals surface area contributed by atoms with Gasteiger partial charge >= 0.3 is 0 Å². The fourth-order valence-corrected chi connectivity index (χ4v) is 1.21. The summed E-state index contributed by atoms with van der Waals surface area (Å²) in [6.07, 6.45) is 2.18. The summed E-state index contributed by atoms with van der Waals surface area (Å²) in [6.45, 7) is 0. The number of anilines is 2. The molecule has 0 atom stereocenters. The molecule has 0 unspecified atom stereocenters. The van der Waals surface area contributed by atoms with Gasteiger partial charge in [0.2, 0.25) is 0 Å². The summed E-state index contributed by atoms with van der Waals surface area (Å²) in [6, 6.07) is 4.41. The molecule has 0 aliphatic heterocycles. The van der Waals surface area contributed by atoms with Crippen LogP contribution in [0.25, 0.3) is 0 Å². The number of nitrogens with one attached hydrogen (secondary N) is 1. The van der Waals surface area contributed by atoms with Crippen molar-refractivity contribution < 1.29 is 9.60 Å². The summed E-state index contributed by atoms with van der Waals surface area (Å²) in [5.74, 6) is -0.733. The molecule has 0 spiro atoms. The zero-order valence-electron chi connectivity index (χ0n) is 7.40. The Kier molecular flexibility index (Phi) is 2.26. The van der Waals surface area contributed by atoms with E-state index in [1.165, 1.54) is 6.07 Å². The Morgan fingerprint density at radius 3 is 2.79 bits per heavy atom. The Labute approximate surface area is 80.5 Å². The number of hydrogen-bond donors (Lipinski definition) is 2. The van der Waals surface area contributed by atoms with Gasteiger partial charge in [0.25, 0.3) is 0 Å². The maximum Gasteiger partial charge on any atom is 0.148 e. The van der Waals surface area contributed by atoms with Gasteiger partial charge in [-0.25, -0.2) is 4.39 Å². The molecule has 5 heteroatoms. The second kappa shape index (κ2) is 3.43. The average Bonchev–Trinajstić information content (AvgIpc) is 2.92. The fraction of sp³-hybridized carbons (Fsp3) is 0.333. The number of halogens is 1. The Morgan fingerprint density at radius 1 is 1.50 bits per heavy atom. The summed E-state index contributed by atoms with van der Waals surface area (Å²) in [5.41, 5.74) is 0.287. The van der Waals surface area contributed by atoms with E-state index in [1.54, 1.807) is 6.07 Å². The van der Waals surface area contributed by atoms with Crippen LogP contribution in [0, 0.1) is 11.0 Å². The van der Waals surface area contributed by atoms with E-state index in [9.17, 15) is 9.60 Å². The van der Waals surface area contributed by atoms with Crippen LogP contribution < -0.4 is 10.5 Å². The number of hydrogen-bond acceptors (Lipinski definition) is 4. The maximum absolute atomic E-state index is 12.9. The Morgan fingerprint density at radius 2 is 2.21 bits per heavy atom. The molecule has 0 heterocycles. The Bertz CT molecular complexity index is 340. The Hall–Kier alpha value is -1.33. The summed E-state index contributed by atoms with van der Waals surface area (Å²) < 4.78 is 12.9. The lowest BCUT2D eigenvalue weighted by Gasteiger charge is -2.22.